The van der Waals surface area contributed by atoms with Crippen LogP contribution in [0.5, 0.6) is 0 Å². The number of aryl methyl sites for hydroxylation is 5. The molecule has 0 unspecified atom stereocenters. The van der Waals surface area contributed by atoms with Gasteiger partial charge in [0.15, 0.2) is 39.7 Å². The Bertz CT molecular complexity index is 7060. The predicted octanol–water partition coefficient (Wildman–Crippen LogP) is 25.4. The van der Waals surface area contributed by atoms with Crippen molar-refractivity contribution in [1.29, 1.82) is 0 Å². The maximum absolute atomic E-state index is 12.9. The highest BCUT2D eigenvalue weighted by atomic mass is 35.5. The molecule has 6 N–H and O–H groups in total. The summed E-state index contributed by atoms with van der Waals surface area (Å²) in [5.74, 6) is 3.62. The van der Waals surface area contributed by atoms with Crippen LogP contribution in [0.4, 0.5) is 48.9 Å². The highest BCUT2D eigenvalue weighted by molar-refractivity contribution is 6.30. The number of imidazole rings is 6. The average Bonchev–Trinajstić information content (AvgIpc) is 1.63. The molecule has 0 aliphatic heterocycles. The van der Waals surface area contributed by atoms with Crippen LogP contribution in [0, 0.1) is 62.2 Å². The molecule has 14 aromatic heterocycles. The number of halogens is 5. The molecule has 0 aromatic carbocycles. The number of carbonyl (C=O) groups is 6. The SMILES string of the molecule is C.CC(C)(C)OCC(C)(C)C(=O)Nc1nc2ccc(Cl)nc2n1C1CCC1.CC(C)(C)OCCC(=O)Nc1nc2ccc(-c3cccnc3)nc2n1C1CCC1.CCC(CC)CC(=O)Nc1nc2ccc(C)nc2n1C1CCC1.Cc1cc2nc(NC(=O)CC(C)(C)C)n(CC(F)(F)F)c2nc1Cl.Cc1ccc2nc(NC(=O)CC(C)(C)C)n(-c3cc(C)on3)c2n1.Cc1ccc2nc(NC(=O)CC(C)(C)C)n(C3CCC3)c2n1. The number of nitrogens with one attached hydrogen (secondary N) is 6. The van der Waals surface area contributed by atoms with Gasteiger partial charge in [-0.2, -0.15) is 13.2 Å². The minimum Gasteiger partial charge on any atom is -0.375 e. The highest BCUT2D eigenvalue weighted by Gasteiger charge is 2.38. The smallest absolute Gasteiger partial charge is 0.375 e. The van der Waals surface area contributed by atoms with E-state index in [-0.39, 0.29) is 93.1 Å². The molecule has 14 heterocycles. The van der Waals surface area contributed by atoms with E-state index in [0.29, 0.717) is 132 Å². The number of ether oxygens (including phenoxy) is 2. The van der Waals surface area contributed by atoms with E-state index >= 15 is 0 Å². The number of aromatic nitrogens is 20. The van der Waals surface area contributed by atoms with Gasteiger partial charge in [-0.15, -0.1) is 0 Å². The predicted molar refractivity (Wildman–Crippen MR) is 580 cm³/mol. The van der Waals surface area contributed by atoms with Crippen LogP contribution in [-0.4, -0.2) is 163 Å². The van der Waals surface area contributed by atoms with Gasteiger partial charge in [0.05, 0.1) is 41.9 Å². The first-order valence-corrected chi connectivity index (χ1v) is 51.8. The Morgan fingerprint density at radius 3 is 1.27 bits per heavy atom. The van der Waals surface area contributed by atoms with Crippen molar-refractivity contribution >= 4 is 161 Å². The van der Waals surface area contributed by atoms with Crippen LogP contribution in [0.1, 0.15) is 314 Å². The molecule has 6 amide bonds. The molecule has 14 aromatic rings. The van der Waals surface area contributed by atoms with Crippen molar-refractivity contribution in [1.82, 2.24) is 97.4 Å². The Hall–Kier alpha value is -12.8. The second kappa shape index (κ2) is 48.0. The molecule has 18 rings (SSSR count). The number of rotatable bonds is 26. The molecule has 4 aliphatic carbocycles. The first-order chi connectivity index (χ1) is 69.5. The lowest BCUT2D eigenvalue weighted by atomic mass is 9.92. The molecular formula is C109H147Cl2F3N26O9. The lowest BCUT2D eigenvalue weighted by Gasteiger charge is -2.30. The van der Waals surface area contributed by atoms with Gasteiger partial charge in [-0.05, 0) is 274 Å². The number of carbonyl (C=O) groups excluding carboxylic acids is 6. The molecular weight excluding hydrogens is 1950 g/mol. The summed E-state index contributed by atoms with van der Waals surface area (Å²) in [4.78, 5) is 133. The van der Waals surface area contributed by atoms with Crippen molar-refractivity contribution in [3.05, 3.63) is 136 Å². The van der Waals surface area contributed by atoms with Crippen molar-refractivity contribution in [2.75, 3.05) is 45.1 Å². The molecule has 0 radical (unpaired) electrons. The lowest BCUT2D eigenvalue weighted by Crippen LogP contribution is -2.38. The van der Waals surface area contributed by atoms with Crippen molar-refractivity contribution in [2.24, 2.45) is 27.6 Å². The van der Waals surface area contributed by atoms with E-state index in [9.17, 15) is 41.9 Å². The molecule has 149 heavy (non-hydrogen) atoms. The van der Waals surface area contributed by atoms with E-state index in [1.54, 1.807) is 36.0 Å². The Balaban J connectivity index is 0.000000159. The average molecular weight is 2090 g/mol. The normalized spacial score (nSPS) is 14.3. The lowest BCUT2D eigenvalue weighted by molar-refractivity contribution is -0.140. The fraction of sp³-hybridized carbons (Fsp3) is 0.541. The van der Waals surface area contributed by atoms with E-state index in [2.05, 4.69) is 145 Å². The third kappa shape index (κ3) is 31.2. The van der Waals surface area contributed by atoms with E-state index in [4.69, 9.17) is 42.2 Å². The van der Waals surface area contributed by atoms with Gasteiger partial charge in [0.1, 0.15) is 55.7 Å². The summed E-state index contributed by atoms with van der Waals surface area (Å²) in [6.45, 7) is 46.4. The van der Waals surface area contributed by atoms with Crippen LogP contribution in [0.3, 0.4) is 0 Å². The Morgan fingerprint density at radius 1 is 0.443 bits per heavy atom. The van der Waals surface area contributed by atoms with Gasteiger partial charge in [-0.3, -0.25) is 88.5 Å². The number of hydrogen-bond acceptors (Lipinski definition) is 23. The number of alkyl halides is 3. The number of anilines is 6. The minimum atomic E-state index is -4.49. The number of pyridine rings is 7. The zero-order chi connectivity index (χ0) is 108. The third-order valence-electron chi connectivity index (χ3n) is 25.3. The van der Waals surface area contributed by atoms with Crippen molar-refractivity contribution < 1.29 is 55.9 Å². The van der Waals surface area contributed by atoms with E-state index < -0.39 is 24.0 Å². The van der Waals surface area contributed by atoms with Crippen molar-refractivity contribution in [3.8, 4) is 17.1 Å². The zero-order valence-electron chi connectivity index (χ0n) is 89.7. The Morgan fingerprint density at radius 2 is 0.846 bits per heavy atom. The van der Waals surface area contributed by atoms with Crippen molar-refractivity contribution in [2.45, 2.75) is 344 Å². The van der Waals surface area contributed by atoms with Gasteiger partial charge >= 0.3 is 6.18 Å². The molecule has 4 aliphatic rings. The summed E-state index contributed by atoms with van der Waals surface area (Å²) in [7, 11) is 0. The number of fused-ring (bicyclic) bond motifs is 6. The fourth-order valence-electron chi connectivity index (χ4n) is 16.7. The second-order valence-electron chi connectivity index (χ2n) is 45.1. The van der Waals surface area contributed by atoms with Gasteiger partial charge < -0.3 is 14.0 Å². The Labute approximate surface area is 879 Å². The standard InChI is InChI=1S/C22H27N5O2.C19H27ClN4O2.C18H26N4O.C17H21N5O2.C17H24N4O.C15H18ClF3N4O.CH4/c1-22(2,3)29-13-11-19(28)26-21-25-18-10-9-17(15-6-5-12-23-14-15)24-20(18)27(21)16-7-4-8-16;1-18(2,3)26-11-19(4,5)16(25)23-17-21-13-9-10-14(20)22-15(13)24(17)12-7-6-8-12;1-4-13(5-2)11-16(23)21-18-20-15-10-9-12(3)19-17(15)22(18)14-7-6-8-14;1-10-6-7-12-15(18-10)22(13-8-11(2)24-21-13)16(19-12)20-14(23)9-17(3,4)5;1-11-8-9-13-15(18-11)21(12-6-5-7-12)16(19-13)20-14(22)10-17(2,3)4;1-8-5-9-12(22-11(8)16)23(7-15(17,18)19)13(20-9)21-10(24)6-14(2,3)4;/h5-6,9-10,12,14,16H,4,7-8,11,13H2,1-3H3,(H,25,26,28);9-10,12H,6-8,11H2,1-5H3,(H,21,23,25);9-10,13-14H,4-8,11H2,1-3H3,(H,20,21,23);6-8H,9H2,1-5H3,(H,19,20,23);8-9,12H,5-7,10H2,1-4H3,(H,19,20,22);5H,6-7H2,1-4H3,(H,20,21,24);1H4. The van der Waals surface area contributed by atoms with E-state index in [1.165, 1.54) is 31.7 Å². The van der Waals surface area contributed by atoms with Crippen LogP contribution in [0.15, 0.2) is 102 Å². The molecule has 4 saturated carbocycles. The molecule has 40 heteroatoms. The number of amides is 6. The number of hydrogen-bond donors (Lipinski definition) is 6. The Kier molecular flexibility index (Phi) is 37.0. The summed E-state index contributed by atoms with van der Waals surface area (Å²) in [5.41, 5.74) is 11.6. The van der Waals surface area contributed by atoms with Gasteiger partial charge in [0, 0.05) is 91.0 Å². The molecule has 802 valence electrons. The molecule has 0 spiro atoms. The fourth-order valence-corrected chi connectivity index (χ4v) is 17.0. The van der Waals surface area contributed by atoms with Crippen LogP contribution in [0.25, 0.3) is 84.1 Å². The monoisotopic (exact) mass is 2090 g/mol. The van der Waals surface area contributed by atoms with Crippen LogP contribution in [0.2, 0.25) is 10.3 Å². The largest absolute Gasteiger partial charge is 0.406 e. The van der Waals surface area contributed by atoms with Crippen molar-refractivity contribution in [3.63, 3.8) is 0 Å². The molecule has 35 nitrogen and oxygen atoms in total. The van der Waals surface area contributed by atoms with Gasteiger partial charge in [0.25, 0.3) is 0 Å². The molecule has 4 fully saturated rings. The molecule has 0 bridgehead atoms. The minimum absolute atomic E-state index is 0. The topological polar surface area (TPSA) is 416 Å². The summed E-state index contributed by atoms with van der Waals surface area (Å²) >= 11 is 12.0. The maximum Gasteiger partial charge on any atom is 0.406 e. The second-order valence-corrected chi connectivity index (χ2v) is 45.9. The first kappa shape index (κ1) is 115. The summed E-state index contributed by atoms with van der Waals surface area (Å²) in [6.07, 6.45) is 16.6. The zero-order valence-corrected chi connectivity index (χ0v) is 91.2. The summed E-state index contributed by atoms with van der Waals surface area (Å²) in [6, 6.07) is 27.8. The van der Waals surface area contributed by atoms with E-state index in [1.807, 2.05) is 196 Å². The molecule has 0 atom stereocenters. The van der Waals surface area contributed by atoms with Gasteiger partial charge in [-0.25, -0.2) is 64.4 Å². The summed E-state index contributed by atoms with van der Waals surface area (Å²) < 4.78 is 66.2. The van der Waals surface area contributed by atoms with Gasteiger partial charge in [-0.1, -0.05) is 125 Å². The number of nitrogens with zero attached hydrogens (tertiary/aromatic N) is 20. The quantitative estimate of drug-likeness (QED) is 0.0274. The van der Waals surface area contributed by atoms with Crippen LogP contribution in [-0.2, 0) is 44.8 Å². The maximum atomic E-state index is 12.9. The highest BCUT2D eigenvalue weighted by Crippen LogP contribution is 2.43. The first-order valence-electron chi connectivity index (χ1n) is 51.0. The van der Waals surface area contributed by atoms with Crippen LogP contribution >= 0.6 is 23.2 Å². The van der Waals surface area contributed by atoms with Crippen LogP contribution < -0.4 is 31.9 Å². The molecule has 0 saturated heterocycles. The van der Waals surface area contributed by atoms with E-state index in [0.717, 1.165) is 142 Å². The summed E-state index contributed by atoms with van der Waals surface area (Å²) in [5, 5.41) is 21.9. The van der Waals surface area contributed by atoms with Gasteiger partial charge in [0.2, 0.25) is 71.1 Å². The third-order valence-corrected chi connectivity index (χ3v) is 25.9.